The van der Waals surface area contributed by atoms with E-state index in [9.17, 15) is 9.90 Å². The zero-order chi connectivity index (χ0) is 15.1. The smallest absolute Gasteiger partial charge is 0.376 e. The second-order valence-electron chi connectivity index (χ2n) is 4.57. The Labute approximate surface area is 119 Å². The van der Waals surface area contributed by atoms with Crippen molar-refractivity contribution in [1.82, 2.24) is 9.97 Å². The van der Waals surface area contributed by atoms with Gasteiger partial charge >= 0.3 is 5.97 Å². The third kappa shape index (κ3) is 3.90. The molecule has 0 bridgehead atoms. The van der Waals surface area contributed by atoms with Gasteiger partial charge in [-0.05, 0) is 19.8 Å². The zero-order valence-corrected chi connectivity index (χ0v) is 12.6. The lowest BCUT2D eigenvalue weighted by Gasteiger charge is -2.31. The summed E-state index contributed by atoms with van der Waals surface area (Å²) in [6, 6.07) is 2.09. The third-order valence-corrected chi connectivity index (χ3v) is 3.23. The predicted molar refractivity (Wildman–Crippen MR) is 76.9 cm³/mol. The molecule has 1 aromatic rings. The highest BCUT2D eigenvalue weighted by molar-refractivity contribution is 5.85. The van der Waals surface area contributed by atoms with E-state index in [0.717, 1.165) is 12.8 Å². The molecule has 0 spiro atoms. The van der Waals surface area contributed by atoms with Crippen LogP contribution in [0.15, 0.2) is 6.07 Å². The van der Waals surface area contributed by atoms with E-state index < -0.39 is 5.97 Å². The Morgan fingerprint density at radius 1 is 1.40 bits per heavy atom. The van der Waals surface area contributed by atoms with Crippen molar-refractivity contribution in [3.05, 3.63) is 17.6 Å². The Morgan fingerprint density at radius 2 is 2.05 bits per heavy atom. The summed E-state index contributed by atoms with van der Waals surface area (Å²) in [7, 11) is 1.31. The summed E-state index contributed by atoms with van der Waals surface area (Å²) < 4.78 is 4.67. The number of ether oxygens (including phenoxy) is 1. The second kappa shape index (κ2) is 7.79. The van der Waals surface area contributed by atoms with E-state index in [0.29, 0.717) is 18.1 Å². The van der Waals surface area contributed by atoms with Gasteiger partial charge in [0.15, 0.2) is 0 Å². The van der Waals surface area contributed by atoms with E-state index in [1.807, 2.05) is 17.9 Å². The van der Waals surface area contributed by atoms with Crippen molar-refractivity contribution in [2.45, 2.75) is 39.7 Å². The predicted octanol–water partition coefficient (Wildman–Crippen LogP) is 1.56. The van der Waals surface area contributed by atoms with Gasteiger partial charge in [-0.15, -0.1) is 0 Å². The van der Waals surface area contributed by atoms with Crippen LogP contribution in [0.5, 0.6) is 0 Å². The van der Waals surface area contributed by atoms with Crippen molar-refractivity contribution in [3.8, 4) is 0 Å². The van der Waals surface area contributed by atoms with Crippen molar-refractivity contribution in [3.63, 3.8) is 0 Å². The molecule has 0 amide bonds. The summed E-state index contributed by atoms with van der Waals surface area (Å²) >= 11 is 0. The quantitative estimate of drug-likeness (QED) is 0.764. The van der Waals surface area contributed by atoms with Gasteiger partial charge in [0.05, 0.1) is 13.7 Å². The van der Waals surface area contributed by atoms with Gasteiger partial charge in [-0.3, -0.25) is 0 Å². The molecular formula is C14H23N3O3. The molecule has 0 saturated heterocycles. The number of hydrogen-bond acceptors (Lipinski definition) is 6. The van der Waals surface area contributed by atoms with Crippen molar-refractivity contribution in [2.24, 2.45) is 0 Å². The summed E-state index contributed by atoms with van der Waals surface area (Å²) in [5, 5.41) is 9.26. The minimum absolute atomic E-state index is 0.0348. The molecule has 0 saturated carbocycles. The van der Waals surface area contributed by atoms with Crippen LogP contribution >= 0.6 is 0 Å². The number of hydrogen-bond donors (Lipinski definition) is 1. The van der Waals surface area contributed by atoms with Gasteiger partial charge < -0.3 is 14.7 Å². The van der Waals surface area contributed by atoms with E-state index in [1.165, 1.54) is 7.11 Å². The van der Waals surface area contributed by atoms with Crippen LogP contribution in [-0.2, 0) is 4.74 Å². The van der Waals surface area contributed by atoms with E-state index in [4.69, 9.17) is 0 Å². The van der Waals surface area contributed by atoms with Crippen LogP contribution in [0, 0.1) is 6.92 Å². The minimum Gasteiger partial charge on any atom is -0.463 e. The third-order valence-electron chi connectivity index (χ3n) is 3.23. The SMILES string of the molecule is CCC(CC)N(CCO)c1cc(C)nc(C(=O)OC)n1. The molecule has 0 fully saturated rings. The summed E-state index contributed by atoms with van der Waals surface area (Å²) in [6.45, 7) is 6.50. The van der Waals surface area contributed by atoms with Gasteiger partial charge in [-0.25, -0.2) is 14.8 Å². The zero-order valence-electron chi connectivity index (χ0n) is 12.6. The number of aryl methyl sites for hydroxylation is 1. The summed E-state index contributed by atoms with van der Waals surface area (Å²) in [4.78, 5) is 22.0. The summed E-state index contributed by atoms with van der Waals surface area (Å²) in [6.07, 6.45) is 1.88. The van der Waals surface area contributed by atoms with Gasteiger partial charge in [0.25, 0.3) is 0 Å². The van der Waals surface area contributed by atoms with Crippen molar-refractivity contribution in [1.29, 1.82) is 0 Å². The van der Waals surface area contributed by atoms with Crippen LogP contribution in [0.4, 0.5) is 5.82 Å². The highest BCUT2D eigenvalue weighted by Crippen LogP contribution is 2.19. The molecule has 6 nitrogen and oxygen atoms in total. The number of nitrogens with zero attached hydrogens (tertiary/aromatic N) is 3. The van der Waals surface area contributed by atoms with Gasteiger partial charge in [0.2, 0.25) is 5.82 Å². The molecule has 0 unspecified atom stereocenters. The fraction of sp³-hybridized carbons (Fsp3) is 0.643. The molecule has 6 heteroatoms. The maximum Gasteiger partial charge on any atom is 0.376 e. The van der Waals surface area contributed by atoms with E-state index in [1.54, 1.807) is 0 Å². The molecule has 0 aliphatic rings. The average molecular weight is 281 g/mol. The standard InChI is InChI=1S/C14H23N3O3/c1-5-11(6-2)17(7-8-18)12-9-10(3)15-13(16-12)14(19)20-4/h9,11,18H,5-8H2,1-4H3. The number of carbonyl (C=O) groups is 1. The fourth-order valence-corrected chi connectivity index (χ4v) is 2.20. The molecule has 0 radical (unpaired) electrons. The molecule has 1 aromatic heterocycles. The van der Waals surface area contributed by atoms with Gasteiger partial charge in [0.1, 0.15) is 5.82 Å². The lowest BCUT2D eigenvalue weighted by molar-refractivity contribution is 0.0586. The number of aliphatic hydroxyl groups excluding tert-OH is 1. The number of rotatable bonds is 7. The maximum atomic E-state index is 11.6. The lowest BCUT2D eigenvalue weighted by atomic mass is 10.1. The Hall–Kier alpha value is -1.69. The van der Waals surface area contributed by atoms with Gasteiger partial charge in [0, 0.05) is 24.3 Å². The molecule has 0 aromatic carbocycles. The monoisotopic (exact) mass is 281 g/mol. The Kier molecular flexibility index (Phi) is 6.38. The molecule has 0 aliphatic carbocycles. The fourth-order valence-electron chi connectivity index (χ4n) is 2.20. The highest BCUT2D eigenvalue weighted by Gasteiger charge is 2.19. The van der Waals surface area contributed by atoms with Crippen molar-refractivity contribution < 1.29 is 14.6 Å². The first kappa shape index (κ1) is 16.4. The number of esters is 1. The number of methoxy groups -OCH3 is 1. The largest absolute Gasteiger partial charge is 0.463 e. The normalized spacial score (nSPS) is 10.7. The molecule has 112 valence electrons. The van der Waals surface area contributed by atoms with E-state index >= 15 is 0 Å². The first-order valence-corrected chi connectivity index (χ1v) is 6.88. The van der Waals surface area contributed by atoms with Crippen LogP contribution in [0.25, 0.3) is 0 Å². The number of carbonyl (C=O) groups excluding carboxylic acids is 1. The second-order valence-corrected chi connectivity index (χ2v) is 4.57. The Morgan fingerprint density at radius 3 is 2.55 bits per heavy atom. The van der Waals surface area contributed by atoms with E-state index in [2.05, 4.69) is 28.6 Å². The first-order chi connectivity index (χ1) is 9.57. The molecule has 1 rings (SSSR count). The number of anilines is 1. The average Bonchev–Trinajstić information content (AvgIpc) is 2.46. The molecule has 1 heterocycles. The topological polar surface area (TPSA) is 75.5 Å². The van der Waals surface area contributed by atoms with Crippen molar-refractivity contribution >= 4 is 11.8 Å². The molecular weight excluding hydrogens is 258 g/mol. The van der Waals surface area contributed by atoms with Crippen LogP contribution < -0.4 is 4.90 Å². The van der Waals surface area contributed by atoms with Gasteiger partial charge in [-0.2, -0.15) is 0 Å². The number of aliphatic hydroxyl groups is 1. The van der Waals surface area contributed by atoms with Gasteiger partial charge in [-0.1, -0.05) is 13.8 Å². The minimum atomic E-state index is -0.552. The van der Waals surface area contributed by atoms with Crippen molar-refractivity contribution in [2.75, 3.05) is 25.2 Å². The highest BCUT2D eigenvalue weighted by atomic mass is 16.5. The Balaban J connectivity index is 3.18. The van der Waals surface area contributed by atoms with Crippen LogP contribution in [0.2, 0.25) is 0 Å². The maximum absolute atomic E-state index is 11.6. The summed E-state index contributed by atoms with van der Waals surface area (Å²) in [5.41, 5.74) is 0.698. The number of aromatic nitrogens is 2. The van der Waals surface area contributed by atoms with Crippen LogP contribution in [0.3, 0.4) is 0 Å². The lowest BCUT2D eigenvalue weighted by Crippen LogP contribution is -2.37. The van der Waals surface area contributed by atoms with E-state index in [-0.39, 0.29) is 18.5 Å². The van der Waals surface area contributed by atoms with Crippen LogP contribution in [0.1, 0.15) is 43.0 Å². The first-order valence-electron chi connectivity index (χ1n) is 6.88. The Bertz CT molecular complexity index is 447. The molecule has 0 atom stereocenters. The molecule has 20 heavy (non-hydrogen) atoms. The van der Waals surface area contributed by atoms with Crippen LogP contribution in [-0.4, -0.2) is 47.3 Å². The molecule has 1 N–H and O–H groups in total. The summed E-state index contributed by atoms with van der Waals surface area (Å²) in [5.74, 6) is 0.153. The molecule has 0 aliphatic heterocycles.